The molecule has 0 radical (unpaired) electrons. The second kappa shape index (κ2) is 5.70. The largest absolute Gasteiger partial charge is 0.461 e. The highest BCUT2D eigenvalue weighted by Crippen LogP contribution is 2.01. The lowest BCUT2D eigenvalue weighted by Crippen LogP contribution is -1.85. The minimum atomic E-state index is -0.0324. The van der Waals surface area contributed by atoms with Crippen LogP contribution in [0, 0.1) is 6.92 Å². The third kappa shape index (κ3) is 3.57. The number of rotatable bonds is 2. The first-order valence-electron chi connectivity index (χ1n) is 4.69. The summed E-state index contributed by atoms with van der Waals surface area (Å²) in [4.78, 5) is 20.3. The average Bonchev–Trinajstić information content (AvgIpc) is 2.88. The Morgan fingerprint density at radius 1 is 1.31 bits per heavy atom. The Morgan fingerprint density at radius 3 is 2.31 bits per heavy atom. The topological polar surface area (TPSA) is 60.4 Å². The summed E-state index contributed by atoms with van der Waals surface area (Å²) in [6, 6.07) is 6.73. The van der Waals surface area contributed by atoms with Crippen molar-refractivity contribution in [2.24, 2.45) is 0 Å². The Balaban J connectivity index is 0.000000160. The summed E-state index contributed by atoms with van der Waals surface area (Å²) >= 11 is 0. The van der Waals surface area contributed by atoms with Crippen LogP contribution < -0.4 is 0 Å². The number of aldehydes is 1. The van der Waals surface area contributed by atoms with Crippen molar-refractivity contribution in [1.29, 1.82) is 0 Å². The van der Waals surface area contributed by atoms with E-state index in [-0.39, 0.29) is 5.78 Å². The highest BCUT2D eigenvalue weighted by molar-refractivity contribution is 5.91. The lowest BCUT2D eigenvalue weighted by molar-refractivity contribution is 0.0987. The van der Waals surface area contributed by atoms with Crippen LogP contribution in [0.3, 0.4) is 0 Å². The maximum atomic E-state index is 10.4. The molecular weight excluding hydrogens is 208 g/mol. The highest BCUT2D eigenvalue weighted by Gasteiger charge is 1.97. The molecule has 0 aliphatic heterocycles. The van der Waals surface area contributed by atoms with E-state index in [4.69, 9.17) is 8.83 Å². The lowest BCUT2D eigenvalue weighted by Gasteiger charge is -1.80. The standard InChI is InChI=1S/2C6H6O2/c1-5-2-3-6(4-7)8-5;1-5(7)6-3-2-4-8-6/h2*2-4H,1H3. The predicted octanol–water partition coefficient (Wildman–Crippen LogP) is 2.88. The van der Waals surface area contributed by atoms with Crippen LogP contribution >= 0.6 is 0 Å². The molecule has 4 heteroatoms. The van der Waals surface area contributed by atoms with E-state index in [1.54, 1.807) is 31.2 Å². The first-order chi connectivity index (χ1) is 7.63. The van der Waals surface area contributed by atoms with Crippen LogP contribution in [0.5, 0.6) is 0 Å². The molecule has 2 aromatic rings. The van der Waals surface area contributed by atoms with Crippen LogP contribution in [0.25, 0.3) is 0 Å². The SMILES string of the molecule is CC(=O)c1ccco1.Cc1ccc(C=O)o1. The number of carbonyl (C=O) groups is 2. The number of ketones is 1. The number of aryl methyl sites for hydroxylation is 1. The van der Waals surface area contributed by atoms with Gasteiger partial charge in [-0.3, -0.25) is 9.59 Å². The molecule has 0 bridgehead atoms. The summed E-state index contributed by atoms with van der Waals surface area (Å²) in [6.45, 7) is 3.27. The van der Waals surface area contributed by atoms with Gasteiger partial charge in [0.1, 0.15) is 5.76 Å². The zero-order chi connectivity index (χ0) is 12.0. The summed E-state index contributed by atoms with van der Waals surface area (Å²) in [5.41, 5.74) is 0. The molecule has 0 amide bonds. The van der Waals surface area contributed by atoms with Gasteiger partial charge in [0.15, 0.2) is 23.6 Å². The Kier molecular flexibility index (Phi) is 4.27. The average molecular weight is 220 g/mol. The molecule has 2 aromatic heterocycles. The first kappa shape index (κ1) is 12.0. The molecule has 0 fully saturated rings. The fourth-order valence-corrected chi connectivity index (χ4v) is 0.996. The van der Waals surface area contributed by atoms with Gasteiger partial charge in [-0.1, -0.05) is 0 Å². The zero-order valence-corrected chi connectivity index (χ0v) is 9.10. The summed E-state index contributed by atoms with van der Waals surface area (Å²) < 4.78 is 9.61. The lowest BCUT2D eigenvalue weighted by atomic mass is 10.3. The monoisotopic (exact) mass is 220 g/mol. The molecule has 2 heterocycles. The molecule has 0 N–H and O–H groups in total. The molecule has 0 aliphatic carbocycles. The van der Waals surface area contributed by atoms with E-state index in [2.05, 4.69) is 0 Å². The Hall–Kier alpha value is -2.10. The molecule has 0 atom stereocenters. The fraction of sp³-hybridized carbons (Fsp3) is 0.167. The van der Waals surface area contributed by atoms with Gasteiger partial charge in [-0.05, 0) is 31.2 Å². The molecule has 84 valence electrons. The fourth-order valence-electron chi connectivity index (χ4n) is 0.996. The Labute approximate surface area is 92.9 Å². The van der Waals surface area contributed by atoms with E-state index >= 15 is 0 Å². The summed E-state index contributed by atoms with van der Waals surface area (Å²) in [7, 11) is 0. The smallest absolute Gasteiger partial charge is 0.194 e. The van der Waals surface area contributed by atoms with E-state index in [9.17, 15) is 9.59 Å². The first-order valence-corrected chi connectivity index (χ1v) is 4.69. The number of hydrogen-bond donors (Lipinski definition) is 0. The summed E-state index contributed by atoms with van der Waals surface area (Å²) in [6.07, 6.45) is 2.17. The summed E-state index contributed by atoms with van der Waals surface area (Å²) in [5, 5.41) is 0. The normalized spacial score (nSPS) is 9.12. The third-order valence-electron chi connectivity index (χ3n) is 1.75. The van der Waals surface area contributed by atoms with Crippen molar-refractivity contribution in [3.63, 3.8) is 0 Å². The van der Waals surface area contributed by atoms with Gasteiger partial charge in [0, 0.05) is 6.92 Å². The molecule has 0 unspecified atom stereocenters. The van der Waals surface area contributed by atoms with Gasteiger partial charge in [0.05, 0.1) is 6.26 Å². The third-order valence-corrected chi connectivity index (χ3v) is 1.75. The molecule has 16 heavy (non-hydrogen) atoms. The van der Waals surface area contributed by atoms with Gasteiger partial charge >= 0.3 is 0 Å². The Bertz CT molecular complexity index is 451. The van der Waals surface area contributed by atoms with Crippen LogP contribution in [0.1, 0.15) is 33.8 Å². The predicted molar refractivity (Wildman–Crippen MR) is 57.5 cm³/mol. The van der Waals surface area contributed by atoms with E-state index in [0.717, 1.165) is 5.76 Å². The van der Waals surface area contributed by atoms with E-state index in [1.165, 1.54) is 13.2 Å². The van der Waals surface area contributed by atoms with Crippen molar-refractivity contribution >= 4 is 12.1 Å². The maximum Gasteiger partial charge on any atom is 0.194 e. The number of Topliss-reactive ketones (excluding diaryl/α,β-unsaturated/α-hetero) is 1. The van der Waals surface area contributed by atoms with Crippen LogP contribution in [-0.4, -0.2) is 12.1 Å². The van der Waals surface area contributed by atoms with Crippen LogP contribution in [0.15, 0.2) is 39.4 Å². The maximum absolute atomic E-state index is 10.4. The molecule has 0 saturated carbocycles. The van der Waals surface area contributed by atoms with Gasteiger partial charge in [0.25, 0.3) is 0 Å². The second-order valence-electron chi connectivity index (χ2n) is 3.10. The minimum absolute atomic E-state index is 0.0324. The van der Waals surface area contributed by atoms with Crippen molar-refractivity contribution in [1.82, 2.24) is 0 Å². The van der Waals surface area contributed by atoms with Crippen molar-refractivity contribution in [3.8, 4) is 0 Å². The van der Waals surface area contributed by atoms with Gasteiger partial charge in [-0.25, -0.2) is 0 Å². The molecule has 0 spiro atoms. The van der Waals surface area contributed by atoms with Crippen molar-refractivity contribution < 1.29 is 18.4 Å². The van der Waals surface area contributed by atoms with Crippen LogP contribution in [0.2, 0.25) is 0 Å². The van der Waals surface area contributed by atoms with Gasteiger partial charge in [0.2, 0.25) is 0 Å². The minimum Gasteiger partial charge on any atom is -0.461 e. The molecule has 2 rings (SSSR count). The highest BCUT2D eigenvalue weighted by atomic mass is 16.3. The van der Waals surface area contributed by atoms with Gasteiger partial charge in [-0.15, -0.1) is 0 Å². The van der Waals surface area contributed by atoms with E-state index in [0.29, 0.717) is 17.8 Å². The van der Waals surface area contributed by atoms with Crippen molar-refractivity contribution in [2.75, 3.05) is 0 Å². The zero-order valence-electron chi connectivity index (χ0n) is 9.10. The van der Waals surface area contributed by atoms with Crippen molar-refractivity contribution in [2.45, 2.75) is 13.8 Å². The number of furan rings is 2. The Morgan fingerprint density at radius 2 is 2.06 bits per heavy atom. The molecule has 4 nitrogen and oxygen atoms in total. The molecule has 0 aliphatic rings. The van der Waals surface area contributed by atoms with Crippen LogP contribution in [0.4, 0.5) is 0 Å². The van der Waals surface area contributed by atoms with E-state index in [1.807, 2.05) is 0 Å². The molecule has 0 aromatic carbocycles. The molecule has 0 saturated heterocycles. The van der Waals surface area contributed by atoms with Gasteiger partial charge < -0.3 is 8.83 Å². The van der Waals surface area contributed by atoms with Crippen molar-refractivity contribution in [3.05, 3.63) is 47.8 Å². The van der Waals surface area contributed by atoms with Crippen LogP contribution in [-0.2, 0) is 0 Å². The molecular formula is C12H12O4. The number of carbonyl (C=O) groups excluding carboxylic acids is 2. The van der Waals surface area contributed by atoms with E-state index < -0.39 is 0 Å². The number of hydrogen-bond acceptors (Lipinski definition) is 4. The van der Waals surface area contributed by atoms with Gasteiger partial charge in [-0.2, -0.15) is 0 Å². The second-order valence-corrected chi connectivity index (χ2v) is 3.10. The quantitative estimate of drug-likeness (QED) is 0.576. The summed E-state index contributed by atoms with van der Waals surface area (Å²) in [5.74, 6) is 1.55.